The standard InChI is InChI=1S/C14H23N3O2/c1-4-19-13(18)14(3,16-12-5-6-12)8-10-17-11(2)7-9-15-17/h7,9,12,16H,4-6,8,10H2,1-3H3. The van der Waals surface area contributed by atoms with Crippen molar-refractivity contribution in [2.75, 3.05) is 6.61 Å². The highest BCUT2D eigenvalue weighted by molar-refractivity contribution is 5.80. The van der Waals surface area contributed by atoms with Crippen LogP contribution in [0.15, 0.2) is 12.3 Å². The monoisotopic (exact) mass is 265 g/mol. The van der Waals surface area contributed by atoms with Gasteiger partial charge in [0.1, 0.15) is 5.54 Å². The molecule has 2 rings (SSSR count). The summed E-state index contributed by atoms with van der Waals surface area (Å²) in [5, 5.41) is 7.67. The van der Waals surface area contributed by atoms with Gasteiger partial charge in [0.2, 0.25) is 0 Å². The lowest BCUT2D eigenvalue weighted by molar-refractivity contribution is -0.151. The van der Waals surface area contributed by atoms with E-state index in [4.69, 9.17) is 4.74 Å². The second-order valence-electron chi connectivity index (χ2n) is 5.42. The molecule has 5 heteroatoms. The molecule has 1 saturated carbocycles. The SMILES string of the molecule is CCOC(=O)C(C)(CCn1nccc1C)NC1CC1. The molecule has 0 aliphatic heterocycles. The molecule has 0 saturated heterocycles. The lowest BCUT2D eigenvalue weighted by Gasteiger charge is -2.28. The Morgan fingerprint density at radius 2 is 2.37 bits per heavy atom. The molecule has 1 N–H and O–H groups in total. The van der Waals surface area contributed by atoms with Crippen LogP contribution in [0.3, 0.4) is 0 Å². The Hall–Kier alpha value is -1.36. The molecule has 1 fully saturated rings. The summed E-state index contributed by atoms with van der Waals surface area (Å²) in [6, 6.07) is 2.43. The maximum atomic E-state index is 12.2. The van der Waals surface area contributed by atoms with Crippen LogP contribution < -0.4 is 5.32 Å². The van der Waals surface area contributed by atoms with Gasteiger partial charge in [-0.05, 0) is 46.1 Å². The lowest BCUT2D eigenvalue weighted by Crippen LogP contribution is -2.52. The molecule has 5 nitrogen and oxygen atoms in total. The van der Waals surface area contributed by atoms with Gasteiger partial charge in [0.05, 0.1) is 6.61 Å². The van der Waals surface area contributed by atoms with Gasteiger partial charge in [0, 0.05) is 24.5 Å². The Morgan fingerprint density at radius 1 is 1.63 bits per heavy atom. The molecule has 1 aliphatic carbocycles. The second-order valence-corrected chi connectivity index (χ2v) is 5.42. The van der Waals surface area contributed by atoms with E-state index in [1.165, 1.54) is 0 Å². The number of rotatable bonds is 7. The Bertz CT molecular complexity index is 440. The molecule has 1 unspecified atom stereocenters. The fourth-order valence-electron chi connectivity index (χ4n) is 2.16. The number of hydrogen-bond acceptors (Lipinski definition) is 4. The smallest absolute Gasteiger partial charge is 0.326 e. The third-order valence-corrected chi connectivity index (χ3v) is 3.58. The number of ether oxygens (including phenoxy) is 1. The zero-order valence-corrected chi connectivity index (χ0v) is 12.0. The molecule has 1 atom stereocenters. The van der Waals surface area contributed by atoms with E-state index in [9.17, 15) is 4.79 Å². The number of hydrogen-bond donors (Lipinski definition) is 1. The van der Waals surface area contributed by atoms with Crippen LogP contribution in [0.5, 0.6) is 0 Å². The number of nitrogens with one attached hydrogen (secondary N) is 1. The first kappa shape index (κ1) is 14.1. The summed E-state index contributed by atoms with van der Waals surface area (Å²) in [4.78, 5) is 12.2. The Morgan fingerprint density at radius 3 is 2.89 bits per heavy atom. The normalized spacial score (nSPS) is 18.1. The van der Waals surface area contributed by atoms with Crippen molar-refractivity contribution in [2.24, 2.45) is 0 Å². The van der Waals surface area contributed by atoms with Gasteiger partial charge in [-0.2, -0.15) is 5.10 Å². The molecule has 19 heavy (non-hydrogen) atoms. The summed E-state index contributed by atoms with van der Waals surface area (Å²) < 4.78 is 7.13. The summed E-state index contributed by atoms with van der Waals surface area (Å²) in [6.07, 6.45) is 4.77. The van der Waals surface area contributed by atoms with E-state index in [-0.39, 0.29) is 5.97 Å². The fourth-order valence-corrected chi connectivity index (χ4v) is 2.16. The van der Waals surface area contributed by atoms with Crippen molar-refractivity contribution < 1.29 is 9.53 Å². The first-order valence-corrected chi connectivity index (χ1v) is 6.98. The maximum Gasteiger partial charge on any atom is 0.326 e. The zero-order chi connectivity index (χ0) is 13.9. The second kappa shape index (κ2) is 5.74. The molecule has 0 spiro atoms. The number of aryl methyl sites for hydroxylation is 2. The molecule has 0 amide bonds. The Kier molecular flexibility index (Phi) is 4.24. The molecule has 0 radical (unpaired) electrons. The van der Waals surface area contributed by atoms with Gasteiger partial charge in [0.25, 0.3) is 0 Å². The van der Waals surface area contributed by atoms with Crippen molar-refractivity contribution in [3.8, 4) is 0 Å². The quantitative estimate of drug-likeness (QED) is 0.762. The highest BCUT2D eigenvalue weighted by Gasteiger charge is 2.39. The predicted octanol–water partition coefficient (Wildman–Crippen LogP) is 1.66. The fraction of sp³-hybridized carbons (Fsp3) is 0.714. The van der Waals surface area contributed by atoms with Crippen molar-refractivity contribution >= 4 is 5.97 Å². The number of nitrogens with zero attached hydrogens (tertiary/aromatic N) is 2. The molecule has 1 aromatic heterocycles. The van der Waals surface area contributed by atoms with Gasteiger partial charge in [-0.1, -0.05) is 0 Å². The van der Waals surface area contributed by atoms with Crippen molar-refractivity contribution in [1.82, 2.24) is 15.1 Å². The highest BCUT2D eigenvalue weighted by Crippen LogP contribution is 2.25. The minimum Gasteiger partial charge on any atom is -0.465 e. The number of aromatic nitrogens is 2. The van der Waals surface area contributed by atoms with Gasteiger partial charge >= 0.3 is 5.97 Å². The summed E-state index contributed by atoms with van der Waals surface area (Å²) in [5.74, 6) is -0.160. The molecule has 0 bridgehead atoms. The number of esters is 1. The highest BCUT2D eigenvalue weighted by atomic mass is 16.5. The van der Waals surface area contributed by atoms with Crippen LogP contribution in [0.25, 0.3) is 0 Å². The number of carbonyl (C=O) groups excluding carboxylic acids is 1. The van der Waals surface area contributed by atoms with Gasteiger partial charge in [-0.25, -0.2) is 0 Å². The largest absolute Gasteiger partial charge is 0.465 e. The molecule has 1 aliphatic rings. The lowest BCUT2D eigenvalue weighted by atomic mass is 9.97. The van der Waals surface area contributed by atoms with Crippen LogP contribution >= 0.6 is 0 Å². The van der Waals surface area contributed by atoms with Crippen LogP contribution in [-0.4, -0.2) is 33.9 Å². The first-order chi connectivity index (χ1) is 9.05. The minimum absolute atomic E-state index is 0.160. The zero-order valence-electron chi connectivity index (χ0n) is 12.0. The van der Waals surface area contributed by atoms with Crippen LogP contribution in [-0.2, 0) is 16.1 Å². The molecular formula is C14H23N3O2. The Balaban J connectivity index is 2.00. The molecule has 0 aromatic carbocycles. The average molecular weight is 265 g/mol. The summed E-state index contributed by atoms with van der Waals surface area (Å²) in [6.45, 7) is 6.92. The van der Waals surface area contributed by atoms with E-state index in [0.717, 1.165) is 18.5 Å². The van der Waals surface area contributed by atoms with Crippen molar-refractivity contribution in [3.63, 3.8) is 0 Å². The minimum atomic E-state index is -0.616. The maximum absolute atomic E-state index is 12.2. The van der Waals surface area contributed by atoms with E-state index in [1.807, 2.05) is 31.5 Å². The first-order valence-electron chi connectivity index (χ1n) is 6.98. The molecular weight excluding hydrogens is 242 g/mol. The summed E-state index contributed by atoms with van der Waals surface area (Å²) in [5.41, 5.74) is 0.493. The van der Waals surface area contributed by atoms with Crippen LogP contribution in [0.4, 0.5) is 0 Å². The molecule has 1 aromatic rings. The summed E-state index contributed by atoms with van der Waals surface area (Å²) in [7, 11) is 0. The molecule has 106 valence electrons. The van der Waals surface area contributed by atoms with Crippen LogP contribution in [0.2, 0.25) is 0 Å². The van der Waals surface area contributed by atoms with Crippen LogP contribution in [0, 0.1) is 6.92 Å². The van der Waals surface area contributed by atoms with E-state index in [0.29, 0.717) is 25.6 Å². The third kappa shape index (κ3) is 3.56. The Labute approximate surface area is 114 Å². The van der Waals surface area contributed by atoms with E-state index in [2.05, 4.69) is 10.4 Å². The predicted molar refractivity (Wildman–Crippen MR) is 72.8 cm³/mol. The van der Waals surface area contributed by atoms with Crippen molar-refractivity contribution in [1.29, 1.82) is 0 Å². The molecule has 1 heterocycles. The van der Waals surface area contributed by atoms with Crippen LogP contribution in [0.1, 0.15) is 38.8 Å². The van der Waals surface area contributed by atoms with Gasteiger partial charge in [0.15, 0.2) is 0 Å². The van der Waals surface area contributed by atoms with Gasteiger partial charge < -0.3 is 4.74 Å². The van der Waals surface area contributed by atoms with Crippen molar-refractivity contribution in [2.45, 2.75) is 58.2 Å². The van der Waals surface area contributed by atoms with Gasteiger partial charge in [-0.15, -0.1) is 0 Å². The van der Waals surface area contributed by atoms with E-state index < -0.39 is 5.54 Å². The average Bonchev–Trinajstić information content (AvgIpc) is 3.08. The summed E-state index contributed by atoms with van der Waals surface area (Å²) >= 11 is 0. The van der Waals surface area contributed by atoms with E-state index in [1.54, 1.807) is 6.20 Å². The van der Waals surface area contributed by atoms with Gasteiger partial charge in [-0.3, -0.25) is 14.8 Å². The van der Waals surface area contributed by atoms with Crippen molar-refractivity contribution in [3.05, 3.63) is 18.0 Å². The third-order valence-electron chi connectivity index (χ3n) is 3.58. The van der Waals surface area contributed by atoms with E-state index >= 15 is 0 Å². The number of carbonyl (C=O) groups is 1. The topological polar surface area (TPSA) is 56.2 Å².